The van der Waals surface area contributed by atoms with E-state index < -0.39 is 80.6 Å². The van der Waals surface area contributed by atoms with E-state index in [1.54, 1.807) is 0 Å². The molecule has 28 heavy (non-hydrogen) atoms. The molecule has 13 nitrogen and oxygen atoms in total. The van der Waals surface area contributed by atoms with Gasteiger partial charge in [-0.15, -0.1) is 0 Å². The second-order valence-electron chi connectivity index (χ2n) is 6.41. The molecule has 1 saturated heterocycles. The molecular formula is C15H28N2O11. The van der Waals surface area contributed by atoms with E-state index in [1.165, 1.54) is 0 Å². The van der Waals surface area contributed by atoms with Crippen molar-refractivity contribution in [3.63, 3.8) is 0 Å². The van der Waals surface area contributed by atoms with Crippen LogP contribution in [0.5, 0.6) is 0 Å². The van der Waals surface area contributed by atoms with Gasteiger partial charge in [-0.2, -0.15) is 0 Å². The molecule has 0 aromatic rings. The Balaban J connectivity index is 2.95. The lowest BCUT2D eigenvalue weighted by Gasteiger charge is -2.42. The molecule has 0 unspecified atom stereocenters. The largest absolute Gasteiger partial charge is 0.394 e. The first-order valence-electron chi connectivity index (χ1n) is 8.51. The molecule has 0 saturated carbocycles. The summed E-state index contributed by atoms with van der Waals surface area (Å²) in [5.74, 6) is -1.24. The third-order valence-corrected chi connectivity index (χ3v) is 4.13. The number of aliphatic hydroxyl groups is 7. The molecule has 13 heteroatoms. The Morgan fingerprint density at radius 3 is 2.14 bits per heavy atom. The van der Waals surface area contributed by atoms with Crippen LogP contribution in [-0.2, 0) is 19.1 Å². The molecule has 1 heterocycles. The molecule has 0 spiro atoms. The number of nitrogens with one attached hydrogen (secondary N) is 1. The predicted octanol–water partition coefficient (Wildman–Crippen LogP) is -5.21. The molecule has 0 aromatic heterocycles. The Labute approximate surface area is 160 Å². The van der Waals surface area contributed by atoms with Gasteiger partial charge in [-0.1, -0.05) is 0 Å². The van der Waals surface area contributed by atoms with Crippen molar-refractivity contribution in [1.82, 2.24) is 10.4 Å². The summed E-state index contributed by atoms with van der Waals surface area (Å²) in [5.41, 5.74) is 2.16. The molecule has 8 N–H and O–H groups in total. The maximum Gasteiger partial charge on any atom is 0.237 e. The Kier molecular flexibility index (Phi) is 9.62. The van der Waals surface area contributed by atoms with Crippen LogP contribution < -0.4 is 5.43 Å². The van der Waals surface area contributed by atoms with Gasteiger partial charge in [0.15, 0.2) is 6.29 Å². The zero-order chi connectivity index (χ0) is 21.6. The average molecular weight is 412 g/mol. The van der Waals surface area contributed by atoms with Crippen molar-refractivity contribution in [1.29, 1.82) is 0 Å². The zero-order valence-corrected chi connectivity index (χ0v) is 15.5. The molecule has 1 aliphatic heterocycles. The van der Waals surface area contributed by atoms with Crippen LogP contribution in [0.1, 0.15) is 13.8 Å². The molecule has 0 radical (unpaired) electrons. The summed E-state index contributed by atoms with van der Waals surface area (Å²) >= 11 is 0. The molecule has 0 bridgehead atoms. The van der Waals surface area contributed by atoms with Crippen LogP contribution >= 0.6 is 0 Å². The van der Waals surface area contributed by atoms with Crippen molar-refractivity contribution in [2.75, 3.05) is 19.8 Å². The lowest BCUT2D eigenvalue weighted by atomic mass is 9.99. The molecule has 0 aromatic carbocycles. The third kappa shape index (κ3) is 6.30. The molecule has 1 fully saturated rings. The second-order valence-corrected chi connectivity index (χ2v) is 6.41. The minimum atomic E-state index is -1.81. The third-order valence-electron chi connectivity index (χ3n) is 4.13. The lowest BCUT2D eigenvalue weighted by molar-refractivity contribution is -0.324. The maximum absolute atomic E-state index is 11.6. The van der Waals surface area contributed by atoms with Gasteiger partial charge >= 0.3 is 0 Å². The number of carbonyl (C=O) groups is 2. The fourth-order valence-corrected chi connectivity index (χ4v) is 2.61. The highest BCUT2D eigenvalue weighted by Gasteiger charge is 2.46. The van der Waals surface area contributed by atoms with Crippen LogP contribution in [0.2, 0.25) is 0 Å². The molecule has 1 rings (SSSR count). The monoisotopic (exact) mass is 412 g/mol. The molecular weight excluding hydrogens is 384 g/mol. The van der Waals surface area contributed by atoms with E-state index in [2.05, 4.69) is 5.43 Å². The number of nitrogens with zero attached hydrogens (tertiary/aromatic N) is 1. The van der Waals surface area contributed by atoms with Crippen molar-refractivity contribution >= 4 is 11.8 Å². The van der Waals surface area contributed by atoms with Crippen molar-refractivity contribution in [3.05, 3.63) is 0 Å². The number of aliphatic hydroxyl groups excluding tert-OH is 7. The van der Waals surface area contributed by atoms with Gasteiger partial charge in [-0.25, -0.2) is 0 Å². The number of hydrogen-bond donors (Lipinski definition) is 8. The van der Waals surface area contributed by atoms with Crippen LogP contribution in [0.4, 0.5) is 0 Å². The van der Waals surface area contributed by atoms with Crippen molar-refractivity contribution < 1.29 is 54.8 Å². The van der Waals surface area contributed by atoms with E-state index in [0.717, 1.165) is 18.9 Å². The molecule has 0 aliphatic carbocycles. The summed E-state index contributed by atoms with van der Waals surface area (Å²) in [6.07, 6.45) is -13.2. The van der Waals surface area contributed by atoms with E-state index in [-0.39, 0.29) is 0 Å². The standard InChI is InChI=1S/C15H28N2O11/c1-6(20)16-17(7(2)21)3-8(22)14(9(23)4-18)28-15-13(26)12(25)11(24)10(5-19)27-15/h8-15,18-19,22-26H,3-5H2,1-2H3,(H,16,20)/t8-,9-,10-,11+,12+,13-,14+,15+/m1/s1. The SMILES string of the molecule is CC(=O)NN(C[C@@H](O)[C@H](O[C@@H]1O[C@H](CO)[C@H](O)[C@H](O)[C@H]1O)[C@H](O)CO)C(C)=O. The highest BCUT2D eigenvalue weighted by Crippen LogP contribution is 2.24. The number of rotatable bonds is 8. The maximum atomic E-state index is 11.6. The van der Waals surface area contributed by atoms with Gasteiger partial charge in [0.25, 0.3) is 0 Å². The van der Waals surface area contributed by atoms with Gasteiger partial charge in [0.2, 0.25) is 11.8 Å². The molecule has 8 atom stereocenters. The van der Waals surface area contributed by atoms with E-state index in [4.69, 9.17) is 9.47 Å². The van der Waals surface area contributed by atoms with Crippen LogP contribution in [-0.4, -0.2) is 121 Å². The van der Waals surface area contributed by atoms with E-state index in [9.17, 15) is 45.3 Å². The molecule has 1 aliphatic rings. The van der Waals surface area contributed by atoms with Crippen molar-refractivity contribution in [3.8, 4) is 0 Å². The zero-order valence-electron chi connectivity index (χ0n) is 15.5. The van der Waals surface area contributed by atoms with E-state index in [0.29, 0.717) is 0 Å². The number of amides is 2. The Bertz CT molecular complexity index is 520. The quantitative estimate of drug-likeness (QED) is 0.177. The van der Waals surface area contributed by atoms with Gasteiger partial charge in [-0.05, 0) is 0 Å². The summed E-state index contributed by atoms with van der Waals surface area (Å²) in [6, 6.07) is 0. The van der Waals surface area contributed by atoms with Gasteiger partial charge in [0, 0.05) is 13.8 Å². The van der Waals surface area contributed by atoms with Crippen LogP contribution in [0, 0.1) is 0 Å². The highest BCUT2D eigenvalue weighted by atomic mass is 16.7. The Morgan fingerprint density at radius 1 is 1.07 bits per heavy atom. The molecule has 2 amide bonds. The second kappa shape index (κ2) is 10.9. The van der Waals surface area contributed by atoms with Crippen molar-refractivity contribution in [2.45, 2.75) is 62.9 Å². The lowest BCUT2D eigenvalue weighted by Crippen LogP contribution is -2.61. The van der Waals surface area contributed by atoms with E-state index in [1.807, 2.05) is 0 Å². The fourth-order valence-electron chi connectivity index (χ4n) is 2.61. The van der Waals surface area contributed by atoms with Crippen molar-refractivity contribution in [2.24, 2.45) is 0 Å². The van der Waals surface area contributed by atoms with Gasteiger partial charge in [0.05, 0.1) is 19.8 Å². The normalized spacial score (nSPS) is 31.0. The van der Waals surface area contributed by atoms with E-state index >= 15 is 0 Å². The first kappa shape index (κ1) is 24.6. The number of hydrazine groups is 1. The summed E-state index contributed by atoms with van der Waals surface area (Å²) in [4.78, 5) is 22.7. The fraction of sp³-hybridized carbons (Fsp3) is 0.867. The Hall–Kier alpha value is -1.42. The number of ether oxygens (including phenoxy) is 2. The highest BCUT2D eigenvalue weighted by molar-refractivity contribution is 5.79. The number of carbonyl (C=O) groups excluding carboxylic acids is 2. The van der Waals surface area contributed by atoms with Gasteiger partial charge in [0.1, 0.15) is 42.7 Å². The topological polar surface area (TPSA) is 209 Å². The van der Waals surface area contributed by atoms with Crippen LogP contribution in [0.15, 0.2) is 0 Å². The summed E-state index contributed by atoms with van der Waals surface area (Å²) < 4.78 is 10.4. The summed E-state index contributed by atoms with van der Waals surface area (Å²) in [5, 5.41) is 69.0. The van der Waals surface area contributed by atoms with Crippen LogP contribution in [0.3, 0.4) is 0 Å². The smallest absolute Gasteiger partial charge is 0.237 e. The first-order chi connectivity index (χ1) is 13.0. The minimum absolute atomic E-state index is 0.548. The summed E-state index contributed by atoms with van der Waals surface area (Å²) in [6.45, 7) is 0.0973. The van der Waals surface area contributed by atoms with Gasteiger partial charge < -0.3 is 45.2 Å². The molecule has 164 valence electrons. The summed E-state index contributed by atoms with van der Waals surface area (Å²) in [7, 11) is 0. The number of hydrogen-bond acceptors (Lipinski definition) is 11. The predicted molar refractivity (Wildman–Crippen MR) is 88.9 cm³/mol. The Morgan fingerprint density at radius 2 is 1.68 bits per heavy atom. The average Bonchev–Trinajstić information content (AvgIpc) is 2.63. The van der Waals surface area contributed by atoms with Crippen LogP contribution in [0.25, 0.3) is 0 Å². The van der Waals surface area contributed by atoms with Gasteiger partial charge in [-0.3, -0.25) is 20.0 Å². The first-order valence-corrected chi connectivity index (χ1v) is 8.51. The minimum Gasteiger partial charge on any atom is -0.394 e.